The van der Waals surface area contributed by atoms with E-state index in [1.54, 1.807) is 30.3 Å². The average molecular weight is 381 g/mol. The van der Waals surface area contributed by atoms with Crippen LogP contribution in [0.2, 0.25) is 0 Å². The van der Waals surface area contributed by atoms with Crippen LogP contribution in [0.1, 0.15) is 24.1 Å². The van der Waals surface area contributed by atoms with Gasteiger partial charge >= 0.3 is 12.1 Å². The number of piperidine rings is 1. The summed E-state index contributed by atoms with van der Waals surface area (Å²) in [5.74, 6) is -1.33. The van der Waals surface area contributed by atoms with Gasteiger partial charge < -0.3 is 10.0 Å². The Morgan fingerprint density at radius 3 is 2.26 bits per heavy atom. The highest BCUT2D eigenvalue weighted by molar-refractivity contribution is 5.82. The third kappa shape index (κ3) is 3.81. The second kappa shape index (κ2) is 7.05. The Bertz CT molecular complexity index is 825. The molecule has 0 spiro atoms. The summed E-state index contributed by atoms with van der Waals surface area (Å²) in [6.45, 7) is 0.113. The molecule has 1 saturated heterocycles. The Hall–Kier alpha value is -2.84. The maximum absolute atomic E-state index is 12.6. The molecule has 0 radical (unpaired) electrons. The maximum Gasteiger partial charge on any atom is 0.435 e. The maximum atomic E-state index is 12.6. The minimum absolute atomic E-state index is 0.216. The summed E-state index contributed by atoms with van der Waals surface area (Å²) in [4.78, 5) is 25.8. The lowest BCUT2D eigenvalue weighted by Crippen LogP contribution is -2.49. The molecule has 1 aromatic carbocycles. The van der Waals surface area contributed by atoms with Crippen LogP contribution in [-0.4, -0.2) is 44.8 Å². The molecule has 1 amide bonds. The van der Waals surface area contributed by atoms with Crippen molar-refractivity contribution in [1.82, 2.24) is 14.7 Å². The number of amides is 1. The quantitative estimate of drug-likeness (QED) is 0.883. The van der Waals surface area contributed by atoms with Crippen LogP contribution >= 0.6 is 0 Å². The lowest BCUT2D eigenvalue weighted by molar-refractivity contribution is -0.148. The van der Waals surface area contributed by atoms with Crippen molar-refractivity contribution >= 4 is 11.9 Å². The second-order valence-corrected chi connectivity index (χ2v) is 6.53. The Labute approximate surface area is 153 Å². The van der Waals surface area contributed by atoms with E-state index in [2.05, 4.69) is 5.10 Å². The Kier molecular flexibility index (Phi) is 4.95. The molecular weight excluding hydrogens is 363 g/mol. The summed E-state index contributed by atoms with van der Waals surface area (Å²) in [6.07, 6.45) is -2.97. The van der Waals surface area contributed by atoms with E-state index >= 15 is 0 Å². The number of hydrogen-bond acceptors (Lipinski definition) is 3. The average Bonchev–Trinajstić information content (AvgIpc) is 3.11. The van der Waals surface area contributed by atoms with Crippen molar-refractivity contribution in [2.75, 3.05) is 13.1 Å². The Morgan fingerprint density at radius 1 is 1.11 bits per heavy atom. The van der Waals surface area contributed by atoms with Crippen molar-refractivity contribution in [1.29, 1.82) is 0 Å². The summed E-state index contributed by atoms with van der Waals surface area (Å²) in [5.41, 5.74) is -1.43. The van der Waals surface area contributed by atoms with E-state index in [1.165, 1.54) is 4.90 Å². The minimum Gasteiger partial charge on any atom is -0.481 e. The SMILES string of the molecule is O=C(Cn1ccc(C(F)(F)F)n1)N1CCC(C(=O)O)(c2ccccc2)CC1. The lowest BCUT2D eigenvalue weighted by atomic mass is 9.73. The summed E-state index contributed by atoms with van der Waals surface area (Å²) in [6, 6.07) is 9.67. The number of carboxylic acids is 1. The molecule has 9 heteroatoms. The van der Waals surface area contributed by atoms with E-state index in [4.69, 9.17) is 0 Å². The zero-order valence-electron chi connectivity index (χ0n) is 14.3. The van der Waals surface area contributed by atoms with E-state index < -0.39 is 23.3 Å². The van der Waals surface area contributed by atoms with Gasteiger partial charge in [0.2, 0.25) is 5.91 Å². The predicted octanol–water partition coefficient (Wildman–Crippen LogP) is 2.55. The molecule has 3 rings (SSSR count). The van der Waals surface area contributed by atoms with E-state index in [9.17, 15) is 27.9 Å². The molecule has 144 valence electrons. The molecule has 2 aromatic rings. The third-order valence-corrected chi connectivity index (χ3v) is 4.93. The van der Waals surface area contributed by atoms with Gasteiger partial charge in [-0.15, -0.1) is 0 Å². The smallest absolute Gasteiger partial charge is 0.435 e. The first-order chi connectivity index (χ1) is 12.7. The van der Waals surface area contributed by atoms with Gasteiger partial charge in [-0.2, -0.15) is 18.3 Å². The monoisotopic (exact) mass is 381 g/mol. The molecule has 2 heterocycles. The standard InChI is InChI=1S/C18H18F3N3O3/c19-18(20,21)14-6-9-24(22-14)12-15(25)23-10-7-17(8-11-23,16(26)27)13-4-2-1-3-5-13/h1-6,9H,7-8,10-12H2,(H,26,27). The van der Waals surface area contributed by atoms with Gasteiger partial charge in [0.1, 0.15) is 6.54 Å². The van der Waals surface area contributed by atoms with Crippen molar-refractivity contribution in [3.05, 3.63) is 53.9 Å². The molecule has 0 unspecified atom stereocenters. The number of benzene rings is 1. The van der Waals surface area contributed by atoms with Crippen LogP contribution in [0, 0.1) is 0 Å². The van der Waals surface area contributed by atoms with Gasteiger partial charge in [0.15, 0.2) is 5.69 Å². The first kappa shape index (κ1) is 18.9. The van der Waals surface area contributed by atoms with Crippen molar-refractivity contribution in [3.8, 4) is 0 Å². The van der Waals surface area contributed by atoms with Crippen LogP contribution < -0.4 is 0 Å². The number of likely N-dealkylation sites (tertiary alicyclic amines) is 1. The number of aliphatic carboxylic acids is 1. The number of hydrogen-bond donors (Lipinski definition) is 1. The van der Waals surface area contributed by atoms with Crippen LogP contribution in [0.3, 0.4) is 0 Å². The van der Waals surface area contributed by atoms with Gasteiger partial charge in [0.25, 0.3) is 0 Å². The normalized spacial score (nSPS) is 16.9. The number of carbonyl (C=O) groups is 2. The number of nitrogens with zero attached hydrogens (tertiary/aromatic N) is 3. The van der Waals surface area contributed by atoms with E-state index in [0.29, 0.717) is 5.56 Å². The second-order valence-electron chi connectivity index (χ2n) is 6.53. The van der Waals surface area contributed by atoms with Crippen molar-refractivity contribution in [2.24, 2.45) is 0 Å². The molecule has 1 aliphatic rings. The first-order valence-corrected chi connectivity index (χ1v) is 8.40. The van der Waals surface area contributed by atoms with Crippen LogP contribution in [0.15, 0.2) is 42.6 Å². The van der Waals surface area contributed by atoms with Crippen molar-refractivity contribution in [3.63, 3.8) is 0 Å². The first-order valence-electron chi connectivity index (χ1n) is 8.40. The van der Waals surface area contributed by atoms with Crippen molar-refractivity contribution < 1.29 is 27.9 Å². The van der Waals surface area contributed by atoms with Gasteiger partial charge in [-0.3, -0.25) is 14.3 Å². The zero-order chi connectivity index (χ0) is 19.7. The number of carboxylic acid groups (broad SMARTS) is 1. The van der Waals surface area contributed by atoms with Gasteiger partial charge in [-0.25, -0.2) is 0 Å². The van der Waals surface area contributed by atoms with Gasteiger partial charge in [-0.1, -0.05) is 30.3 Å². The largest absolute Gasteiger partial charge is 0.481 e. The van der Waals surface area contributed by atoms with E-state index in [1.807, 2.05) is 0 Å². The fourth-order valence-corrected chi connectivity index (χ4v) is 3.36. The third-order valence-electron chi connectivity index (χ3n) is 4.93. The fourth-order valence-electron chi connectivity index (χ4n) is 3.36. The highest BCUT2D eigenvalue weighted by atomic mass is 19.4. The molecule has 6 nitrogen and oxygen atoms in total. The number of alkyl halides is 3. The Balaban J connectivity index is 1.67. The summed E-state index contributed by atoms with van der Waals surface area (Å²) in [7, 11) is 0. The van der Waals surface area contributed by atoms with Gasteiger partial charge in [0, 0.05) is 19.3 Å². The van der Waals surface area contributed by atoms with Gasteiger partial charge in [0.05, 0.1) is 5.41 Å². The molecule has 0 saturated carbocycles. The van der Waals surface area contributed by atoms with Crippen LogP contribution in [0.4, 0.5) is 13.2 Å². The molecule has 1 aromatic heterocycles. The lowest BCUT2D eigenvalue weighted by Gasteiger charge is -2.39. The molecule has 1 fully saturated rings. The van der Waals surface area contributed by atoms with Crippen LogP contribution in [0.25, 0.3) is 0 Å². The summed E-state index contributed by atoms with van der Waals surface area (Å²) < 4.78 is 38.7. The molecule has 0 atom stereocenters. The minimum atomic E-state index is -4.56. The number of halogens is 3. The summed E-state index contributed by atoms with van der Waals surface area (Å²) >= 11 is 0. The molecular formula is C18H18F3N3O3. The zero-order valence-corrected chi connectivity index (χ0v) is 14.3. The highest BCUT2D eigenvalue weighted by Gasteiger charge is 2.43. The van der Waals surface area contributed by atoms with Crippen molar-refractivity contribution in [2.45, 2.75) is 31.0 Å². The molecule has 0 bridgehead atoms. The van der Waals surface area contributed by atoms with Crippen LogP contribution in [0.5, 0.6) is 0 Å². The number of aromatic nitrogens is 2. The van der Waals surface area contributed by atoms with E-state index in [-0.39, 0.29) is 38.4 Å². The van der Waals surface area contributed by atoms with Crippen LogP contribution in [-0.2, 0) is 27.7 Å². The van der Waals surface area contributed by atoms with E-state index in [0.717, 1.165) is 16.9 Å². The highest BCUT2D eigenvalue weighted by Crippen LogP contribution is 2.36. The summed E-state index contributed by atoms with van der Waals surface area (Å²) in [5, 5.41) is 13.1. The van der Waals surface area contributed by atoms with Gasteiger partial charge in [-0.05, 0) is 24.5 Å². The molecule has 1 aliphatic heterocycles. The molecule has 0 aliphatic carbocycles. The fraction of sp³-hybridized carbons (Fsp3) is 0.389. The topological polar surface area (TPSA) is 75.4 Å². The number of rotatable bonds is 4. The number of carbonyl (C=O) groups excluding carboxylic acids is 1. The predicted molar refractivity (Wildman–Crippen MR) is 88.8 cm³/mol. The molecule has 1 N–H and O–H groups in total. The Morgan fingerprint density at radius 2 is 1.74 bits per heavy atom. The molecule has 27 heavy (non-hydrogen) atoms.